The molecule has 3 aromatic carbocycles. The van der Waals surface area contributed by atoms with Gasteiger partial charge in [0.25, 0.3) is 11.7 Å². The van der Waals surface area contributed by atoms with Gasteiger partial charge in [0.05, 0.1) is 44.7 Å². The lowest BCUT2D eigenvalue weighted by molar-refractivity contribution is -0.132. The molecular formula is C30H30N2O7. The molecule has 0 bridgehead atoms. The van der Waals surface area contributed by atoms with E-state index >= 15 is 0 Å². The maximum Gasteiger partial charge on any atom is 0.300 e. The van der Waals surface area contributed by atoms with Gasteiger partial charge in [-0.3, -0.25) is 14.5 Å². The number of aliphatic hydroxyl groups is 1. The molecule has 9 nitrogen and oxygen atoms in total. The second-order valence-electron chi connectivity index (χ2n) is 9.17. The normalized spacial score (nSPS) is 18.0. The molecule has 0 aliphatic carbocycles. The van der Waals surface area contributed by atoms with E-state index in [1.807, 2.05) is 18.9 Å². The van der Waals surface area contributed by atoms with E-state index in [0.29, 0.717) is 59.6 Å². The summed E-state index contributed by atoms with van der Waals surface area (Å²) in [5.74, 6) is 0.328. The van der Waals surface area contributed by atoms with Crippen molar-refractivity contribution < 1.29 is 33.6 Å². The van der Waals surface area contributed by atoms with Crippen LogP contribution in [0, 0.1) is 0 Å². The summed E-state index contributed by atoms with van der Waals surface area (Å²) < 4.78 is 22.3. The Kier molecular flexibility index (Phi) is 7.06. The molecule has 1 saturated heterocycles. The second kappa shape index (κ2) is 10.6. The summed E-state index contributed by atoms with van der Waals surface area (Å²) in [6, 6.07) is 16.4. The lowest BCUT2D eigenvalue weighted by atomic mass is 9.94. The van der Waals surface area contributed by atoms with Crippen LogP contribution in [0.1, 0.15) is 24.1 Å². The van der Waals surface area contributed by atoms with Gasteiger partial charge in [-0.15, -0.1) is 0 Å². The lowest BCUT2D eigenvalue weighted by Crippen LogP contribution is -2.29. The number of benzene rings is 3. The predicted molar refractivity (Wildman–Crippen MR) is 147 cm³/mol. The molecule has 0 radical (unpaired) electrons. The fourth-order valence-corrected chi connectivity index (χ4v) is 4.98. The van der Waals surface area contributed by atoms with E-state index in [9.17, 15) is 14.7 Å². The SMILES string of the molecule is CCOc1cccc(N2C(=O)C(=O)/C(=C(/O)c3ccc4c(c3)N(C)CCO4)C2c2ccc(OC)c(OC)c2)c1. The van der Waals surface area contributed by atoms with Crippen molar-refractivity contribution in [3.63, 3.8) is 0 Å². The number of carbonyl (C=O) groups excluding carboxylic acids is 2. The molecule has 202 valence electrons. The molecule has 1 atom stereocenters. The van der Waals surface area contributed by atoms with Gasteiger partial charge in [-0.1, -0.05) is 12.1 Å². The Hall–Kier alpha value is -4.66. The highest BCUT2D eigenvalue weighted by Gasteiger charge is 2.47. The van der Waals surface area contributed by atoms with E-state index in [0.717, 1.165) is 5.69 Å². The molecule has 1 N–H and O–H groups in total. The van der Waals surface area contributed by atoms with Crippen molar-refractivity contribution in [2.75, 3.05) is 50.8 Å². The number of hydrogen-bond donors (Lipinski definition) is 1. The first kappa shape index (κ1) is 26.0. The Morgan fingerprint density at radius 1 is 1.03 bits per heavy atom. The fourth-order valence-electron chi connectivity index (χ4n) is 4.98. The second-order valence-corrected chi connectivity index (χ2v) is 9.17. The summed E-state index contributed by atoms with van der Waals surface area (Å²) >= 11 is 0. The first-order valence-electron chi connectivity index (χ1n) is 12.6. The third-order valence-electron chi connectivity index (χ3n) is 6.90. The molecule has 5 rings (SSSR count). The number of hydrogen-bond acceptors (Lipinski definition) is 8. The number of ketones is 1. The molecule has 0 saturated carbocycles. The number of rotatable bonds is 7. The number of ether oxygens (including phenoxy) is 4. The number of likely N-dealkylation sites (N-methyl/N-ethyl adjacent to an activating group) is 1. The van der Waals surface area contributed by atoms with E-state index in [4.69, 9.17) is 18.9 Å². The maximum absolute atomic E-state index is 13.6. The minimum absolute atomic E-state index is 0.0339. The van der Waals surface area contributed by atoms with Crippen LogP contribution < -0.4 is 28.7 Å². The van der Waals surface area contributed by atoms with E-state index in [-0.39, 0.29) is 11.3 Å². The first-order chi connectivity index (χ1) is 18.9. The number of nitrogens with zero attached hydrogens (tertiary/aromatic N) is 2. The molecule has 0 spiro atoms. The number of carbonyl (C=O) groups is 2. The van der Waals surface area contributed by atoms with Gasteiger partial charge >= 0.3 is 0 Å². The Bertz CT molecular complexity index is 1470. The quantitative estimate of drug-likeness (QED) is 0.270. The van der Waals surface area contributed by atoms with E-state index < -0.39 is 17.7 Å². The van der Waals surface area contributed by atoms with Gasteiger partial charge in [0.2, 0.25) is 0 Å². The highest BCUT2D eigenvalue weighted by Crippen LogP contribution is 2.45. The lowest BCUT2D eigenvalue weighted by Gasteiger charge is -2.28. The van der Waals surface area contributed by atoms with Crippen molar-refractivity contribution in [3.05, 3.63) is 77.4 Å². The van der Waals surface area contributed by atoms with Gasteiger partial charge in [0.1, 0.15) is 23.9 Å². The third kappa shape index (κ3) is 4.60. The van der Waals surface area contributed by atoms with Gasteiger partial charge in [-0.2, -0.15) is 0 Å². The van der Waals surface area contributed by atoms with Crippen LogP contribution in [0.15, 0.2) is 66.2 Å². The zero-order valence-electron chi connectivity index (χ0n) is 22.3. The Morgan fingerprint density at radius 3 is 2.56 bits per heavy atom. The van der Waals surface area contributed by atoms with Gasteiger partial charge < -0.3 is 29.0 Å². The molecule has 1 amide bonds. The van der Waals surface area contributed by atoms with Crippen molar-refractivity contribution in [2.24, 2.45) is 0 Å². The molecular weight excluding hydrogens is 500 g/mol. The van der Waals surface area contributed by atoms with Gasteiger partial charge in [0, 0.05) is 24.4 Å². The highest BCUT2D eigenvalue weighted by molar-refractivity contribution is 6.51. The summed E-state index contributed by atoms with van der Waals surface area (Å²) in [6.07, 6.45) is 0. The number of amides is 1. The van der Waals surface area contributed by atoms with Crippen LogP contribution in [0.25, 0.3) is 5.76 Å². The summed E-state index contributed by atoms with van der Waals surface area (Å²) in [5.41, 5.74) is 2.17. The Morgan fingerprint density at radius 2 is 1.82 bits per heavy atom. The molecule has 2 aliphatic rings. The van der Waals surface area contributed by atoms with Crippen LogP contribution in [0.4, 0.5) is 11.4 Å². The fraction of sp³-hybridized carbons (Fsp3) is 0.267. The summed E-state index contributed by atoms with van der Waals surface area (Å²) in [4.78, 5) is 30.6. The first-order valence-corrected chi connectivity index (χ1v) is 12.6. The summed E-state index contributed by atoms with van der Waals surface area (Å²) in [7, 11) is 4.97. The summed E-state index contributed by atoms with van der Waals surface area (Å²) in [5, 5.41) is 11.6. The molecule has 2 aliphatic heterocycles. The van der Waals surface area contributed by atoms with E-state index in [1.165, 1.54) is 19.1 Å². The molecule has 2 heterocycles. The average Bonchev–Trinajstić information content (AvgIpc) is 3.22. The van der Waals surface area contributed by atoms with Crippen LogP contribution in [0.3, 0.4) is 0 Å². The third-order valence-corrected chi connectivity index (χ3v) is 6.90. The average molecular weight is 531 g/mol. The number of aliphatic hydroxyl groups excluding tert-OH is 1. The number of anilines is 2. The van der Waals surface area contributed by atoms with Crippen LogP contribution in [0.5, 0.6) is 23.0 Å². The van der Waals surface area contributed by atoms with Crippen molar-refractivity contribution in [2.45, 2.75) is 13.0 Å². The van der Waals surface area contributed by atoms with Crippen molar-refractivity contribution in [1.29, 1.82) is 0 Å². The Labute approximate surface area is 226 Å². The topological polar surface area (TPSA) is 97.8 Å². The van der Waals surface area contributed by atoms with E-state index in [2.05, 4.69) is 0 Å². The number of methoxy groups -OCH3 is 2. The van der Waals surface area contributed by atoms with Crippen molar-refractivity contribution in [3.8, 4) is 23.0 Å². The van der Waals surface area contributed by atoms with E-state index in [1.54, 1.807) is 60.7 Å². The highest BCUT2D eigenvalue weighted by atomic mass is 16.5. The molecule has 0 aromatic heterocycles. The molecule has 1 unspecified atom stereocenters. The van der Waals surface area contributed by atoms with Crippen molar-refractivity contribution >= 4 is 28.8 Å². The van der Waals surface area contributed by atoms with Crippen molar-refractivity contribution in [1.82, 2.24) is 0 Å². The molecule has 9 heteroatoms. The smallest absolute Gasteiger partial charge is 0.300 e. The van der Waals surface area contributed by atoms with Gasteiger partial charge in [-0.25, -0.2) is 0 Å². The number of fused-ring (bicyclic) bond motifs is 1. The monoisotopic (exact) mass is 530 g/mol. The zero-order valence-corrected chi connectivity index (χ0v) is 22.3. The van der Waals surface area contributed by atoms with Crippen LogP contribution in [-0.4, -0.2) is 57.8 Å². The molecule has 1 fully saturated rings. The van der Waals surface area contributed by atoms with Crippen LogP contribution >= 0.6 is 0 Å². The minimum Gasteiger partial charge on any atom is -0.507 e. The largest absolute Gasteiger partial charge is 0.507 e. The van der Waals surface area contributed by atoms with Crippen LogP contribution in [0.2, 0.25) is 0 Å². The van der Waals surface area contributed by atoms with Gasteiger partial charge in [0.15, 0.2) is 11.5 Å². The standard InChI is InChI=1S/C30H30N2O7/c1-5-38-21-8-6-7-20(17-21)32-27(18-9-12-24(36-3)25(16-18)37-4)26(29(34)30(32)35)28(33)19-10-11-23-22(15-19)31(2)13-14-39-23/h6-12,15-17,27,33H,5,13-14H2,1-4H3/b28-26+. The van der Waals surface area contributed by atoms with Gasteiger partial charge in [-0.05, 0) is 55.0 Å². The molecule has 39 heavy (non-hydrogen) atoms. The predicted octanol–water partition coefficient (Wildman–Crippen LogP) is 4.56. The molecule has 3 aromatic rings. The van der Waals surface area contributed by atoms with Crippen LogP contribution in [-0.2, 0) is 9.59 Å². The maximum atomic E-state index is 13.6. The zero-order chi connectivity index (χ0) is 27.7. The Balaban J connectivity index is 1.71. The summed E-state index contributed by atoms with van der Waals surface area (Å²) in [6.45, 7) is 3.55. The minimum atomic E-state index is -0.938. The number of Topliss-reactive ketones (excluding diaryl/α,β-unsaturated/α-hetero) is 1.